The summed E-state index contributed by atoms with van der Waals surface area (Å²) in [5.41, 5.74) is 11.9. The number of rotatable bonds is 4. The van der Waals surface area contributed by atoms with E-state index in [-0.39, 0.29) is 0 Å². The van der Waals surface area contributed by atoms with Gasteiger partial charge in [0.25, 0.3) is 0 Å². The van der Waals surface area contributed by atoms with Crippen LogP contribution in [0.25, 0.3) is 78.2 Å². The Morgan fingerprint density at radius 3 is 1.72 bits per heavy atom. The summed E-state index contributed by atoms with van der Waals surface area (Å²) in [5, 5.41) is 3.42. The van der Waals surface area contributed by atoms with Crippen molar-refractivity contribution in [3.05, 3.63) is 216 Å². The van der Waals surface area contributed by atoms with E-state index in [1.807, 2.05) is 30.3 Å². The van der Waals surface area contributed by atoms with Gasteiger partial charge in [0.15, 0.2) is 17.5 Å². The van der Waals surface area contributed by atoms with Crippen molar-refractivity contribution in [1.29, 1.82) is 0 Å². The van der Waals surface area contributed by atoms with E-state index in [1.165, 1.54) is 16.5 Å². The van der Waals surface area contributed by atoms with Gasteiger partial charge in [-0.05, 0) is 57.8 Å². The van der Waals surface area contributed by atoms with Crippen LogP contribution in [0.4, 0.5) is 0 Å². The summed E-state index contributed by atoms with van der Waals surface area (Å²) in [6, 6.07) is 67.7. The summed E-state index contributed by atoms with van der Waals surface area (Å²) in [6.45, 7) is 0. The smallest absolute Gasteiger partial charge is 0.164 e. The number of pyridine rings is 1. The maximum absolute atomic E-state index is 6.66. The molecule has 0 saturated carbocycles. The van der Waals surface area contributed by atoms with Gasteiger partial charge in [-0.3, -0.25) is 0 Å². The molecule has 2 aromatic heterocycles. The minimum Gasteiger partial charge on any atom is -0.457 e. The lowest BCUT2D eigenvalue weighted by Crippen LogP contribution is -2.32. The lowest BCUT2D eigenvalue weighted by Gasteiger charge is -2.39. The first-order valence-corrected chi connectivity index (χ1v) is 19.6. The van der Waals surface area contributed by atoms with Crippen LogP contribution < -0.4 is 4.74 Å². The number of aromatic nitrogens is 4. The minimum atomic E-state index is -0.639. The summed E-state index contributed by atoms with van der Waals surface area (Å²) in [6.07, 6.45) is 0. The zero-order valence-electron chi connectivity index (χ0n) is 31.2. The lowest BCUT2D eigenvalue weighted by molar-refractivity contribution is 0.437. The summed E-state index contributed by atoms with van der Waals surface area (Å²) in [5.74, 6) is 3.56. The Bertz CT molecular complexity index is 3240. The summed E-state index contributed by atoms with van der Waals surface area (Å²) in [4.78, 5) is 20.8. The predicted molar refractivity (Wildman–Crippen MR) is 232 cm³/mol. The van der Waals surface area contributed by atoms with Gasteiger partial charge in [-0.1, -0.05) is 164 Å². The molecule has 0 saturated heterocycles. The van der Waals surface area contributed by atoms with Crippen LogP contribution in [0.5, 0.6) is 11.5 Å². The van der Waals surface area contributed by atoms with Crippen LogP contribution in [-0.2, 0) is 5.41 Å². The highest BCUT2D eigenvalue weighted by molar-refractivity contribution is 6.04. The average molecular weight is 741 g/mol. The number of hydrogen-bond acceptors (Lipinski definition) is 5. The molecular formula is C53H32N4O. The van der Waals surface area contributed by atoms with E-state index in [2.05, 4.69) is 164 Å². The zero-order chi connectivity index (χ0) is 38.2. The van der Waals surface area contributed by atoms with Crippen LogP contribution in [-0.4, -0.2) is 19.9 Å². The number of para-hydroxylation sites is 3. The van der Waals surface area contributed by atoms with Crippen LogP contribution in [0.2, 0.25) is 0 Å². The predicted octanol–water partition coefficient (Wildman–Crippen LogP) is 12.7. The molecule has 0 radical (unpaired) electrons. The number of hydrogen-bond donors (Lipinski definition) is 0. The van der Waals surface area contributed by atoms with Gasteiger partial charge in [-0.2, -0.15) is 0 Å². The molecule has 58 heavy (non-hydrogen) atoms. The van der Waals surface area contributed by atoms with Crippen molar-refractivity contribution in [2.24, 2.45) is 0 Å². The molecule has 0 atom stereocenters. The number of nitrogens with zero attached hydrogens (tertiary/aromatic N) is 4. The van der Waals surface area contributed by atoms with Gasteiger partial charge in [0, 0.05) is 44.3 Å². The molecule has 3 heterocycles. The van der Waals surface area contributed by atoms with E-state index in [0.29, 0.717) is 17.5 Å². The monoisotopic (exact) mass is 740 g/mol. The van der Waals surface area contributed by atoms with E-state index in [0.717, 1.165) is 78.0 Å². The van der Waals surface area contributed by atoms with Gasteiger partial charge in [-0.25, -0.2) is 19.9 Å². The Balaban J connectivity index is 1.11. The second kappa shape index (κ2) is 12.6. The molecule has 1 spiro atoms. The fourth-order valence-corrected chi connectivity index (χ4v) is 9.27. The molecule has 5 nitrogen and oxygen atoms in total. The SMILES string of the molecule is c1ccc(-c2nc(-c3cccc(-c4nc5ccccc5c5c4-c4ccccc4C54c5ccccc5Oc5ccccc54)c3)nc(-c3ccc4ccccc4c3)n2)cc1. The first-order chi connectivity index (χ1) is 28.7. The maximum atomic E-state index is 6.66. The third kappa shape index (κ3) is 4.77. The normalized spacial score (nSPS) is 13.1. The Kier molecular flexibility index (Phi) is 7.07. The van der Waals surface area contributed by atoms with Gasteiger partial charge in [0.2, 0.25) is 0 Å². The standard InChI is InChI=1S/C53H32N4O/c1-2-16-34(17-3-1)50-55-51(57-52(56-50)38-30-29-33-15-4-5-18-35(33)31-38)37-20-14-19-36(32-37)49-47-39-21-6-8-23-41(39)53(48(47)40-22-7-11-26-44(40)54-49)42-24-9-12-27-45(42)58-46-28-13-10-25-43(46)53/h1-32H. The topological polar surface area (TPSA) is 60.8 Å². The maximum Gasteiger partial charge on any atom is 0.164 e. The molecule has 0 amide bonds. The highest BCUT2D eigenvalue weighted by Crippen LogP contribution is 2.64. The molecule has 10 aromatic rings. The highest BCUT2D eigenvalue weighted by atomic mass is 16.5. The van der Waals surface area contributed by atoms with Crippen molar-refractivity contribution in [2.75, 3.05) is 0 Å². The van der Waals surface area contributed by atoms with Crippen LogP contribution in [0.3, 0.4) is 0 Å². The third-order valence-corrected chi connectivity index (χ3v) is 11.7. The van der Waals surface area contributed by atoms with Crippen LogP contribution in [0.1, 0.15) is 22.3 Å². The number of ether oxygens (including phenoxy) is 1. The largest absolute Gasteiger partial charge is 0.457 e. The summed E-state index contributed by atoms with van der Waals surface area (Å²) in [7, 11) is 0. The van der Waals surface area contributed by atoms with E-state index < -0.39 is 5.41 Å². The van der Waals surface area contributed by atoms with Gasteiger partial charge >= 0.3 is 0 Å². The second-order valence-corrected chi connectivity index (χ2v) is 14.9. The van der Waals surface area contributed by atoms with E-state index >= 15 is 0 Å². The van der Waals surface area contributed by atoms with Crippen LogP contribution >= 0.6 is 0 Å². The van der Waals surface area contributed by atoms with E-state index in [1.54, 1.807) is 0 Å². The molecule has 0 bridgehead atoms. The van der Waals surface area contributed by atoms with Crippen molar-refractivity contribution in [1.82, 2.24) is 19.9 Å². The van der Waals surface area contributed by atoms with Crippen molar-refractivity contribution in [2.45, 2.75) is 5.41 Å². The molecular weight excluding hydrogens is 709 g/mol. The quantitative estimate of drug-likeness (QED) is 0.180. The molecule has 0 unspecified atom stereocenters. The Hall–Kier alpha value is -7.76. The second-order valence-electron chi connectivity index (χ2n) is 14.9. The van der Waals surface area contributed by atoms with Crippen LogP contribution in [0, 0.1) is 0 Å². The van der Waals surface area contributed by atoms with Crippen molar-refractivity contribution >= 4 is 21.7 Å². The van der Waals surface area contributed by atoms with Crippen LogP contribution in [0.15, 0.2) is 194 Å². The van der Waals surface area contributed by atoms with Crippen molar-refractivity contribution in [3.8, 4) is 68.0 Å². The zero-order valence-corrected chi connectivity index (χ0v) is 31.2. The fourth-order valence-electron chi connectivity index (χ4n) is 9.27. The molecule has 0 N–H and O–H groups in total. The Morgan fingerprint density at radius 1 is 0.379 bits per heavy atom. The number of fused-ring (bicyclic) bond motifs is 12. The molecule has 270 valence electrons. The summed E-state index contributed by atoms with van der Waals surface area (Å²) < 4.78 is 6.66. The Morgan fingerprint density at radius 2 is 0.948 bits per heavy atom. The summed E-state index contributed by atoms with van der Waals surface area (Å²) >= 11 is 0. The molecule has 1 aliphatic heterocycles. The molecule has 2 aliphatic rings. The molecule has 12 rings (SSSR count). The van der Waals surface area contributed by atoms with Crippen molar-refractivity contribution in [3.63, 3.8) is 0 Å². The highest BCUT2D eigenvalue weighted by Gasteiger charge is 2.52. The van der Waals surface area contributed by atoms with Crippen molar-refractivity contribution < 1.29 is 4.74 Å². The minimum absolute atomic E-state index is 0.598. The lowest BCUT2D eigenvalue weighted by atomic mass is 9.65. The van der Waals surface area contributed by atoms with Gasteiger partial charge in [0.1, 0.15) is 11.5 Å². The van der Waals surface area contributed by atoms with Gasteiger partial charge < -0.3 is 4.74 Å². The van der Waals surface area contributed by atoms with E-state index in [9.17, 15) is 0 Å². The average Bonchev–Trinajstić information content (AvgIpc) is 3.60. The molecule has 5 heteroatoms. The van der Waals surface area contributed by atoms with Gasteiger partial charge in [0.05, 0.1) is 16.6 Å². The molecule has 1 aliphatic carbocycles. The van der Waals surface area contributed by atoms with E-state index in [4.69, 9.17) is 24.7 Å². The van der Waals surface area contributed by atoms with Gasteiger partial charge in [-0.15, -0.1) is 0 Å². The fraction of sp³-hybridized carbons (Fsp3) is 0.0189. The number of benzene rings is 8. The molecule has 8 aromatic carbocycles. The third-order valence-electron chi connectivity index (χ3n) is 11.7. The first kappa shape index (κ1) is 32.5. The Labute approximate surface area is 335 Å². The first-order valence-electron chi connectivity index (χ1n) is 19.6. The molecule has 0 fully saturated rings.